The molecule has 5 nitrogen and oxygen atoms in total. The van der Waals surface area contributed by atoms with Crippen LogP contribution < -0.4 is 0 Å². The summed E-state index contributed by atoms with van der Waals surface area (Å²) in [5.41, 5.74) is 3.05. The topological polar surface area (TPSA) is 41.4 Å². The van der Waals surface area contributed by atoms with E-state index in [1.165, 1.54) is 23.7 Å². The normalized spacial score (nSPS) is 14.7. The maximum atomic E-state index is 13.2. The third-order valence-corrected chi connectivity index (χ3v) is 5.50. The lowest BCUT2D eigenvalue weighted by Gasteiger charge is -2.26. The molecule has 1 fully saturated rings. The number of pyridine rings is 1. The number of likely N-dealkylation sites (tertiary alicyclic amines) is 1. The van der Waals surface area contributed by atoms with Crippen molar-refractivity contribution in [2.45, 2.75) is 19.4 Å². The third kappa shape index (κ3) is 3.88. The van der Waals surface area contributed by atoms with E-state index in [2.05, 4.69) is 51.8 Å². The van der Waals surface area contributed by atoms with Gasteiger partial charge in [0.2, 0.25) is 0 Å². The molecule has 1 aromatic carbocycles. The van der Waals surface area contributed by atoms with Crippen molar-refractivity contribution in [3.05, 3.63) is 66.1 Å². The van der Waals surface area contributed by atoms with Gasteiger partial charge in [0, 0.05) is 49.3 Å². The molecule has 0 N–H and O–H groups in total. The molecule has 0 aliphatic carbocycles. The molecule has 0 unspecified atom stereocenters. The van der Waals surface area contributed by atoms with Crippen molar-refractivity contribution in [2.24, 2.45) is 7.05 Å². The Balaban J connectivity index is 1.57. The fourth-order valence-corrected chi connectivity index (χ4v) is 3.89. The van der Waals surface area contributed by atoms with Crippen LogP contribution in [-0.4, -0.2) is 51.4 Å². The number of aromatic nitrogens is 2. The van der Waals surface area contributed by atoms with Crippen LogP contribution in [0.5, 0.6) is 0 Å². The second-order valence-corrected chi connectivity index (χ2v) is 7.26. The summed E-state index contributed by atoms with van der Waals surface area (Å²) < 4.78 is 2.19. The molecule has 4 rings (SSSR count). The number of nitrogens with zero attached hydrogens (tertiary/aromatic N) is 4. The Kier molecular flexibility index (Phi) is 5.21. The Labute approximate surface area is 160 Å². The van der Waals surface area contributed by atoms with Gasteiger partial charge in [-0.2, -0.15) is 0 Å². The van der Waals surface area contributed by atoms with Gasteiger partial charge >= 0.3 is 0 Å². The summed E-state index contributed by atoms with van der Waals surface area (Å²) in [6, 6.07) is 14.1. The van der Waals surface area contributed by atoms with E-state index in [0.717, 1.165) is 31.9 Å². The molecule has 27 heavy (non-hydrogen) atoms. The summed E-state index contributed by atoms with van der Waals surface area (Å²) in [4.78, 5) is 21.6. The molecule has 5 heteroatoms. The number of carbonyl (C=O) groups is 1. The Bertz CT molecular complexity index is 912. The second-order valence-electron chi connectivity index (χ2n) is 7.26. The molecule has 1 amide bonds. The highest BCUT2D eigenvalue weighted by Gasteiger charge is 2.20. The minimum Gasteiger partial charge on any atom is -0.346 e. The Morgan fingerprint density at radius 1 is 1.11 bits per heavy atom. The fraction of sp³-hybridized carbons (Fsp3) is 0.364. The number of fused-ring (bicyclic) bond motifs is 1. The molecule has 3 heterocycles. The molecule has 3 aromatic rings. The first-order valence-corrected chi connectivity index (χ1v) is 9.67. The summed E-state index contributed by atoms with van der Waals surface area (Å²) in [5, 5.41) is 1.21. The lowest BCUT2D eigenvalue weighted by atomic mass is 10.2. The van der Waals surface area contributed by atoms with Crippen LogP contribution in [0, 0.1) is 0 Å². The number of benzene rings is 1. The molecule has 1 aliphatic rings. The van der Waals surface area contributed by atoms with E-state index in [4.69, 9.17) is 0 Å². The third-order valence-electron chi connectivity index (χ3n) is 5.50. The fourth-order valence-electron chi connectivity index (χ4n) is 3.89. The van der Waals surface area contributed by atoms with E-state index < -0.39 is 0 Å². The minimum atomic E-state index is 0.0712. The van der Waals surface area contributed by atoms with E-state index in [9.17, 15) is 4.79 Å². The molecule has 1 aliphatic heterocycles. The lowest BCUT2D eigenvalue weighted by molar-refractivity contribution is 0.0723. The standard InChI is InChI=1S/C22H26N4O/c1-24-20(16-19-6-2-3-7-21(19)24)17-26(15-14-25-12-4-5-13-25)22(27)18-8-10-23-11-9-18/h2-3,6-11,16H,4-5,12-15,17H2,1H3. The maximum Gasteiger partial charge on any atom is 0.254 e. The molecule has 2 aromatic heterocycles. The predicted molar refractivity (Wildman–Crippen MR) is 108 cm³/mol. The maximum absolute atomic E-state index is 13.2. The molecular weight excluding hydrogens is 336 g/mol. The van der Waals surface area contributed by atoms with Crippen molar-refractivity contribution in [3.63, 3.8) is 0 Å². The highest BCUT2D eigenvalue weighted by molar-refractivity contribution is 5.94. The van der Waals surface area contributed by atoms with Gasteiger partial charge in [-0.15, -0.1) is 0 Å². The van der Waals surface area contributed by atoms with Crippen LogP contribution in [-0.2, 0) is 13.6 Å². The average Bonchev–Trinajstić information content (AvgIpc) is 3.34. The van der Waals surface area contributed by atoms with Gasteiger partial charge in [0.25, 0.3) is 5.91 Å². The lowest BCUT2D eigenvalue weighted by Crippen LogP contribution is -2.38. The van der Waals surface area contributed by atoms with Crippen molar-refractivity contribution in [3.8, 4) is 0 Å². The number of aryl methyl sites for hydroxylation is 1. The first kappa shape index (κ1) is 17.7. The smallest absolute Gasteiger partial charge is 0.254 e. The molecule has 0 radical (unpaired) electrons. The van der Waals surface area contributed by atoms with Crippen LogP contribution >= 0.6 is 0 Å². The number of hydrogen-bond acceptors (Lipinski definition) is 3. The molecule has 1 saturated heterocycles. The number of para-hydroxylation sites is 1. The summed E-state index contributed by atoms with van der Waals surface area (Å²) in [6.45, 7) is 4.57. The summed E-state index contributed by atoms with van der Waals surface area (Å²) in [7, 11) is 2.08. The van der Waals surface area contributed by atoms with Crippen LogP contribution in [0.25, 0.3) is 10.9 Å². The zero-order valence-electron chi connectivity index (χ0n) is 15.8. The van der Waals surface area contributed by atoms with Crippen LogP contribution in [0.15, 0.2) is 54.9 Å². The van der Waals surface area contributed by atoms with Crippen LogP contribution in [0.4, 0.5) is 0 Å². The van der Waals surface area contributed by atoms with Crippen molar-refractivity contribution in [1.82, 2.24) is 19.4 Å². The largest absolute Gasteiger partial charge is 0.346 e. The van der Waals surface area contributed by atoms with E-state index in [1.54, 1.807) is 24.5 Å². The Morgan fingerprint density at radius 2 is 1.85 bits per heavy atom. The highest BCUT2D eigenvalue weighted by Crippen LogP contribution is 2.20. The van der Waals surface area contributed by atoms with Gasteiger partial charge in [-0.1, -0.05) is 18.2 Å². The van der Waals surface area contributed by atoms with E-state index in [-0.39, 0.29) is 5.91 Å². The summed E-state index contributed by atoms with van der Waals surface area (Å²) in [6.07, 6.45) is 5.90. The van der Waals surface area contributed by atoms with Crippen molar-refractivity contribution >= 4 is 16.8 Å². The zero-order valence-corrected chi connectivity index (χ0v) is 15.8. The van der Waals surface area contributed by atoms with Gasteiger partial charge in [-0.3, -0.25) is 9.78 Å². The molecule has 0 spiro atoms. The van der Waals surface area contributed by atoms with Gasteiger partial charge in [-0.05, 0) is 55.6 Å². The van der Waals surface area contributed by atoms with Gasteiger partial charge in [0.1, 0.15) is 0 Å². The van der Waals surface area contributed by atoms with Gasteiger partial charge < -0.3 is 14.4 Å². The Morgan fingerprint density at radius 3 is 2.59 bits per heavy atom. The number of hydrogen-bond donors (Lipinski definition) is 0. The van der Waals surface area contributed by atoms with Crippen molar-refractivity contribution in [1.29, 1.82) is 0 Å². The van der Waals surface area contributed by atoms with Crippen LogP contribution in [0.1, 0.15) is 28.9 Å². The number of rotatable bonds is 6. The average molecular weight is 362 g/mol. The Hall–Kier alpha value is -2.66. The van der Waals surface area contributed by atoms with Gasteiger partial charge in [-0.25, -0.2) is 0 Å². The van der Waals surface area contributed by atoms with E-state index >= 15 is 0 Å². The number of carbonyl (C=O) groups excluding carboxylic acids is 1. The molecule has 0 saturated carbocycles. The predicted octanol–water partition coefficient (Wildman–Crippen LogP) is 3.31. The molecule has 140 valence electrons. The SMILES string of the molecule is Cn1c(CN(CCN2CCCC2)C(=O)c2ccncc2)cc2ccccc21. The van der Waals surface area contributed by atoms with Crippen molar-refractivity contribution in [2.75, 3.05) is 26.2 Å². The first-order valence-electron chi connectivity index (χ1n) is 9.67. The molecule has 0 bridgehead atoms. The second kappa shape index (κ2) is 7.92. The van der Waals surface area contributed by atoms with Crippen LogP contribution in [0.2, 0.25) is 0 Å². The summed E-state index contributed by atoms with van der Waals surface area (Å²) in [5.74, 6) is 0.0712. The van der Waals surface area contributed by atoms with Crippen LogP contribution in [0.3, 0.4) is 0 Å². The van der Waals surface area contributed by atoms with Gasteiger partial charge in [0.15, 0.2) is 0 Å². The molecular formula is C22H26N4O. The quantitative estimate of drug-likeness (QED) is 0.676. The van der Waals surface area contributed by atoms with Gasteiger partial charge in [0.05, 0.1) is 6.54 Å². The zero-order chi connectivity index (χ0) is 18.6. The van der Waals surface area contributed by atoms with E-state index in [0.29, 0.717) is 12.1 Å². The minimum absolute atomic E-state index is 0.0712. The molecule has 0 atom stereocenters. The highest BCUT2D eigenvalue weighted by atomic mass is 16.2. The van der Waals surface area contributed by atoms with Crippen molar-refractivity contribution < 1.29 is 4.79 Å². The van der Waals surface area contributed by atoms with E-state index in [1.807, 2.05) is 4.90 Å². The summed E-state index contributed by atoms with van der Waals surface area (Å²) >= 11 is 0. The first-order chi connectivity index (χ1) is 13.2. The number of amides is 1. The monoisotopic (exact) mass is 362 g/mol.